The molecule has 4 aromatic carbocycles. The lowest BCUT2D eigenvalue weighted by molar-refractivity contribution is 1.28. The van der Waals surface area contributed by atoms with E-state index in [2.05, 4.69) is 122 Å². The van der Waals surface area contributed by atoms with Crippen molar-refractivity contribution in [2.75, 3.05) is 4.81 Å². The standard InChI is InChI=1S/C44H28BN5/c1-3-11-39-35(9-1)37-23-29(31-21-33(27-46-25-31)41-13-5-7-19-48-41)15-17-43(37)50-44-18-16-30(24-38(44)36-10-2-4-12-40(36)45(39)50)32-22-34(28-47-26-32)42-14-6-8-20-49-42/h1-28H. The number of aromatic nitrogens is 4. The highest BCUT2D eigenvalue weighted by molar-refractivity contribution is 6.92. The Hall–Kier alpha value is -6.66. The fraction of sp³-hybridized carbons (Fsp3) is 0. The third-order valence-corrected chi connectivity index (χ3v) is 9.93. The van der Waals surface area contributed by atoms with E-state index in [1.807, 2.05) is 73.6 Å². The number of hydrogen-bond donors (Lipinski definition) is 0. The van der Waals surface area contributed by atoms with Crippen molar-refractivity contribution in [1.82, 2.24) is 19.9 Å². The van der Waals surface area contributed by atoms with Crippen LogP contribution < -0.4 is 15.7 Å². The number of nitrogens with zero attached hydrogens (tertiary/aromatic N) is 5. The molecule has 8 aromatic rings. The molecule has 50 heavy (non-hydrogen) atoms. The third-order valence-electron chi connectivity index (χ3n) is 9.93. The van der Waals surface area contributed by atoms with Crippen LogP contribution >= 0.6 is 0 Å². The van der Waals surface area contributed by atoms with Crippen LogP contribution in [0.25, 0.3) is 67.0 Å². The van der Waals surface area contributed by atoms with Gasteiger partial charge in [0.15, 0.2) is 0 Å². The summed E-state index contributed by atoms with van der Waals surface area (Å²) in [5, 5.41) is 0. The minimum atomic E-state index is 0.0439. The largest absolute Gasteiger partial charge is 0.376 e. The molecular formula is C44H28BN5. The maximum atomic E-state index is 4.61. The Morgan fingerprint density at radius 1 is 0.380 bits per heavy atom. The summed E-state index contributed by atoms with van der Waals surface area (Å²) < 4.78 is 0. The Kier molecular flexibility index (Phi) is 6.52. The van der Waals surface area contributed by atoms with E-state index in [9.17, 15) is 0 Å². The second kappa shape index (κ2) is 11.5. The number of hydrogen-bond acceptors (Lipinski definition) is 5. The smallest absolute Gasteiger partial charge is 0.329 e. The minimum absolute atomic E-state index is 0.0439. The molecule has 0 spiro atoms. The van der Waals surface area contributed by atoms with E-state index in [1.165, 1.54) is 44.6 Å². The summed E-state index contributed by atoms with van der Waals surface area (Å²) in [7, 11) is 0. The monoisotopic (exact) mass is 637 g/mol. The van der Waals surface area contributed by atoms with E-state index in [-0.39, 0.29) is 6.85 Å². The lowest BCUT2D eigenvalue weighted by atomic mass is 9.43. The van der Waals surface area contributed by atoms with Gasteiger partial charge < -0.3 is 4.81 Å². The van der Waals surface area contributed by atoms with E-state index in [1.54, 1.807) is 0 Å². The quantitative estimate of drug-likeness (QED) is 0.181. The van der Waals surface area contributed by atoms with Crippen LogP contribution in [0.15, 0.2) is 171 Å². The van der Waals surface area contributed by atoms with E-state index < -0.39 is 0 Å². The van der Waals surface area contributed by atoms with Crippen LogP contribution in [0.2, 0.25) is 0 Å². The number of anilines is 2. The second-order valence-corrected chi connectivity index (χ2v) is 12.8. The predicted octanol–water partition coefficient (Wildman–Crippen LogP) is 8.84. The van der Waals surface area contributed by atoms with Gasteiger partial charge in [-0.1, -0.05) is 72.8 Å². The first-order chi connectivity index (χ1) is 24.8. The van der Waals surface area contributed by atoms with E-state index in [4.69, 9.17) is 0 Å². The Balaban J connectivity index is 1.13. The molecule has 10 rings (SSSR count). The summed E-state index contributed by atoms with van der Waals surface area (Å²) in [6.45, 7) is 0.0439. The number of pyridine rings is 4. The lowest BCUT2D eigenvalue weighted by Crippen LogP contribution is -2.59. The predicted molar refractivity (Wildman–Crippen MR) is 204 cm³/mol. The summed E-state index contributed by atoms with van der Waals surface area (Å²) in [5.74, 6) is 0. The molecule has 0 unspecified atom stereocenters. The zero-order valence-electron chi connectivity index (χ0n) is 27.0. The van der Waals surface area contributed by atoms with Gasteiger partial charge in [0.1, 0.15) is 0 Å². The van der Waals surface area contributed by atoms with Crippen LogP contribution in [-0.2, 0) is 0 Å². The molecule has 2 aliphatic rings. The summed E-state index contributed by atoms with van der Waals surface area (Å²) in [6, 6.07) is 47.7. The van der Waals surface area contributed by atoms with E-state index in [0.717, 1.165) is 44.8 Å². The van der Waals surface area contributed by atoms with Gasteiger partial charge >= 0.3 is 6.85 Å². The Morgan fingerprint density at radius 3 is 1.32 bits per heavy atom. The van der Waals surface area contributed by atoms with Gasteiger partial charge in [0.05, 0.1) is 11.4 Å². The molecule has 0 radical (unpaired) electrons. The maximum Gasteiger partial charge on any atom is 0.329 e. The van der Waals surface area contributed by atoms with Crippen molar-refractivity contribution in [2.24, 2.45) is 0 Å². The van der Waals surface area contributed by atoms with Crippen LogP contribution in [0.4, 0.5) is 11.4 Å². The van der Waals surface area contributed by atoms with Crippen molar-refractivity contribution in [3.63, 3.8) is 0 Å². The number of fused-ring (bicyclic) bond motifs is 11. The average Bonchev–Trinajstić information content (AvgIpc) is 3.21. The highest BCUT2D eigenvalue weighted by Crippen LogP contribution is 2.47. The van der Waals surface area contributed by atoms with Gasteiger partial charge in [-0.25, -0.2) is 0 Å². The minimum Gasteiger partial charge on any atom is -0.376 e. The zero-order chi connectivity index (χ0) is 33.0. The molecule has 5 nitrogen and oxygen atoms in total. The average molecular weight is 638 g/mol. The zero-order valence-corrected chi connectivity index (χ0v) is 27.0. The first-order valence-electron chi connectivity index (χ1n) is 16.8. The summed E-state index contributed by atoms with van der Waals surface area (Å²) in [6.07, 6.45) is 11.3. The SMILES string of the molecule is c1ccc(-c2cncc(-c3ccc4c(c3)-c3ccccc3B3c5ccccc5-c5cc(-c6cncc(-c7ccccn7)c6)ccc5N34)c2)nc1. The normalized spacial score (nSPS) is 12.3. The molecule has 6 heterocycles. The topological polar surface area (TPSA) is 54.8 Å². The van der Waals surface area contributed by atoms with Crippen LogP contribution in [-0.4, -0.2) is 26.8 Å². The molecule has 0 aliphatic carbocycles. The van der Waals surface area contributed by atoms with Gasteiger partial charge in [-0.15, -0.1) is 0 Å². The molecular weight excluding hydrogens is 609 g/mol. The molecule has 0 atom stereocenters. The van der Waals surface area contributed by atoms with E-state index >= 15 is 0 Å². The molecule has 0 saturated carbocycles. The van der Waals surface area contributed by atoms with Crippen molar-refractivity contribution in [3.8, 4) is 67.0 Å². The van der Waals surface area contributed by atoms with Gasteiger partial charge in [-0.2, -0.15) is 0 Å². The fourth-order valence-electron chi connectivity index (χ4n) is 7.64. The van der Waals surface area contributed by atoms with Crippen LogP contribution in [0.1, 0.15) is 0 Å². The van der Waals surface area contributed by atoms with Crippen molar-refractivity contribution in [2.45, 2.75) is 0 Å². The molecule has 6 heteroatoms. The Morgan fingerprint density at radius 2 is 0.840 bits per heavy atom. The maximum absolute atomic E-state index is 4.61. The van der Waals surface area contributed by atoms with Gasteiger partial charge in [0, 0.05) is 81.9 Å². The highest BCUT2D eigenvalue weighted by atomic mass is 15.1. The molecule has 0 bridgehead atoms. The van der Waals surface area contributed by atoms with Crippen LogP contribution in [0, 0.1) is 0 Å². The van der Waals surface area contributed by atoms with Gasteiger partial charge in [0.2, 0.25) is 0 Å². The number of rotatable bonds is 4. The molecule has 0 saturated heterocycles. The molecule has 0 N–H and O–H groups in total. The molecule has 2 aliphatic heterocycles. The Bertz CT molecular complexity index is 2390. The van der Waals surface area contributed by atoms with Crippen molar-refractivity contribution >= 4 is 29.1 Å². The van der Waals surface area contributed by atoms with Crippen molar-refractivity contribution in [3.05, 3.63) is 171 Å². The fourth-order valence-corrected chi connectivity index (χ4v) is 7.64. The second-order valence-electron chi connectivity index (χ2n) is 12.8. The Labute approximate surface area is 290 Å². The van der Waals surface area contributed by atoms with Gasteiger partial charge in [-0.3, -0.25) is 19.9 Å². The summed E-state index contributed by atoms with van der Waals surface area (Å²) >= 11 is 0. The van der Waals surface area contributed by atoms with Crippen molar-refractivity contribution < 1.29 is 0 Å². The first-order valence-corrected chi connectivity index (χ1v) is 16.8. The van der Waals surface area contributed by atoms with Gasteiger partial charge in [-0.05, 0) is 93.8 Å². The van der Waals surface area contributed by atoms with Crippen LogP contribution in [0.5, 0.6) is 0 Å². The molecule has 0 amide bonds. The van der Waals surface area contributed by atoms with Gasteiger partial charge in [0.25, 0.3) is 0 Å². The summed E-state index contributed by atoms with van der Waals surface area (Å²) in [4.78, 5) is 20.9. The lowest BCUT2D eigenvalue weighted by Gasteiger charge is -2.43. The highest BCUT2D eigenvalue weighted by Gasteiger charge is 2.42. The third kappa shape index (κ3) is 4.57. The molecule has 4 aromatic heterocycles. The van der Waals surface area contributed by atoms with Crippen molar-refractivity contribution in [1.29, 1.82) is 0 Å². The molecule has 232 valence electrons. The molecule has 0 fully saturated rings. The number of benzene rings is 4. The van der Waals surface area contributed by atoms with E-state index in [0.29, 0.717) is 0 Å². The van der Waals surface area contributed by atoms with Crippen LogP contribution in [0.3, 0.4) is 0 Å². The summed E-state index contributed by atoms with van der Waals surface area (Å²) in [5.41, 5.74) is 18.1. The first kappa shape index (κ1) is 28.4.